The van der Waals surface area contributed by atoms with Crippen molar-refractivity contribution in [2.75, 3.05) is 38.2 Å². The van der Waals surface area contributed by atoms with Gasteiger partial charge >= 0.3 is 0 Å². The Labute approximate surface area is 179 Å². The number of anilines is 1. The van der Waals surface area contributed by atoms with Crippen LogP contribution in [0.15, 0.2) is 36.5 Å². The third-order valence-electron chi connectivity index (χ3n) is 5.06. The number of amides is 2. The predicted molar refractivity (Wildman–Crippen MR) is 114 cm³/mol. The zero-order valence-corrected chi connectivity index (χ0v) is 17.4. The summed E-state index contributed by atoms with van der Waals surface area (Å²) >= 11 is 0. The summed E-state index contributed by atoms with van der Waals surface area (Å²) in [5.41, 5.74) is 2.40. The molecule has 10 heteroatoms. The van der Waals surface area contributed by atoms with E-state index in [1.54, 1.807) is 12.3 Å². The highest BCUT2D eigenvalue weighted by molar-refractivity contribution is 5.91. The van der Waals surface area contributed by atoms with Gasteiger partial charge in [-0.2, -0.15) is 4.98 Å². The molecule has 31 heavy (non-hydrogen) atoms. The fraction of sp³-hybridized carbons (Fsp3) is 0.381. The zero-order chi connectivity index (χ0) is 21.6. The number of ether oxygens (including phenoxy) is 1. The molecule has 162 valence electrons. The first-order chi connectivity index (χ1) is 15.1. The second kappa shape index (κ2) is 9.63. The number of hydrogen-bond acceptors (Lipinski definition) is 7. The summed E-state index contributed by atoms with van der Waals surface area (Å²) in [6.07, 6.45) is 2.05. The van der Waals surface area contributed by atoms with Gasteiger partial charge in [-0.25, -0.2) is 9.50 Å². The minimum Gasteiger partial charge on any atom is -0.379 e. The van der Waals surface area contributed by atoms with Crippen LogP contribution in [0.2, 0.25) is 0 Å². The van der Waals surface area contributed by atoms with Crippen LogP contribution in [0, 0.1) is 6.92 Å². The van der Waals surface area contributed by atoms with E-state index >= 15 is 0 Å². The fourth-order valence-corrected chi connectivity index (χ4v) is 3.33. The van der Waals surface area contributed by atoms with Gasteiger partial charge in [0.1, 0.15) is 0 Å². The van der Waals surface area contributed by atoms with Gasteiger partial charge in [0.2, 0.25) is 11.7 Å². The van der Waals surface area contributed by atoms with Gasteiger partial charge < -0.3 is 15.4 Å². The molecule has 1 saturated heterocycles. The Balaban J connectivity index is 1.30. The normalized spacial score (nSPS) is 14.5. The lowest BCUT2D eigenvalue weighted by molar-refractivity contribution is -0.116. The van der Waals surface area contributed by atoms with Crippen molar-refractivity contribution < 1.29 is 14.3 Å². The minimum atomic E-state index is -0.384. The molecule has 0 saturated carbocycles. The molecule has 0 spiro atoms. The van der Waals surface area contributed by atoms with Crippen molar-refractivity contribution in [2.24, 2.45) is 0 Å². The quantitative estimate of drug-likeness (QED) is 0.583. The molecule has 1 aromatic carbocycles. The summed E-state index contributed by atoms with van der Waals surface area (Å²) in [7, 11) is 0. The number of hydrogen-bond donors (Lipinski definition) is 2. The SMILES string of the molecule is Cc1ccnc2nc(C(=O)NCc3cccc(NC(=O)CCN4CCOCC4)c3)nn12. The first kappa shape index (κ1) is 20.9. The Morgan fingerprint density at radius 3 is 2.84 bits per heavy atom. The van der Waals surface area contributed by atoms with Gasteiger partial charge in [0.25, 0.3) is 11.7 Å². The van der Waals surface area contributed by atoms with Crippen molar-refractivity contribution in [3.63, 3.8) is 0 Å². The Hall–Kier alpha value is -3.37. The molecule has 2 aromatic heterocycles. The Morgan fingerprint density at radius 2 is 2.03 bits per heavy atom. The summed E-state index contributed by atoms with van der Waals surface area (Å²) in [6.45, 7) is 6.03. The number of carbonyl (C=O) groups excluding carboxylic acids is 2. The monoisotopic (exact) mass is 423 g/mol. The summed E-state index contributed by atoms with van der Waals surface area (Å²) in [5.74, 6) is 0.0237. The molecule has 0 unspecified atom stereocenters. The molecule has 1 fully saturated rings. The van der Waals surface area contributed by atoms with E-state index in [-0.39, 0.29) is 24.2 Å². The highest BCUT2D eigenvalue weighted by Crippen LogP contribution is 2.12. The Morgan fingerprint density at radius 1 is 1.19 bits per heavy atom. The topological polar surface area (TPSA) is 114 Å². The molecular formula is C21H25N7O3. The molecule has 0 aliphatic carbocycles. The molecule has 0 atom stereocenters. The number of carbonyl (C=O) groups is 2. The van der Waals surface area contributed by atoms with Crippen LogP contribution in [-0.2, 0) is 16.1 Å². The number of nitrogens with one attached hydrogen (secondary N) is 2. The molecule has 0 bridgehead atoms. The first-order valence-electron chi connectivity index (χ1n) is 10.2. The van der Waals surface area contributed by atoms with Crippen molar-refractivity contribution in [3.8, 4) is 0 Å². The largest absolute Gasteiger partial charge is 0.379 e. The Kier molecular flexibility index (Phi) is 6.48. The van der Waals surface area contributed by atoms with E-state index in [2.05, 4.69) is 30.6 Å². The van der Waals surface area contributed by atoms with Crippen LogP contribution in [0.3, 0.4) is 0 Å². The second-order valence-corrected chi connectivity index (χ2v) is 7.37. The van der Waals surface area contributed by atoms with Crippen LogP contribution < -0.4 is 10.6 Å². The molecule has 3 heterocycles. The molecule has 2 amide bonds. The summed E-state index contributed by atoms with van der Waals surface area (Å²) in [4.78, 5) is 35.2. The number of aryl methyl sites for hydroxylation is 1. The first-order valence-corrected chi connectivity index (χ1v) is 10.2. The molecular weight excluding hydrogens is 398 g/mol. The summed E-state index contributed by atoms with van der Waals surface area (Å²) < 4.78 is 6.85. The van der Waals surface area contributed by atoms with Gasteiger partial charge in [0, 0.05) is 50.2 Å². The van der Waals surface area contributed by atoms with Gasteiger partial charge in [-0.05, 0) is 30.7 Å². The number of nitrogens with zero attached hydrogens (tertiary/aromatic N) is 5. The van der Waals surface area contributed by atoms with Crippen LogP contribution in [-0.4, -0.2) is 69.1 Å². The van der Waals surface area contributed by atoms with Crippen molar-refractivity contribution >= 4 is 23.3 Å². The van der Waals surface area contributed by atoms with E-state index in [4.69, 9.17) is 4.74 Å². The lowest BCUT2D eigenvalue weighted by Gasteiger charge is -2.26. The number of aromatic nitrogens is 4. The van der Waals surface area contributed by atoms with Gasteiger partial charge in [-0.15, -0.1) is 5.10 Å². The number of rotatable bonds is 7. The number of benzene rings is 1. The highest BCUT2D eigenvalue weighted by Gasteiger charge is 2.15. The van der Waals surface area contributed by atoms with E-state index in [0.717, 1.165) is 37.6 Å². The van der Waals surface area contributed by atoms with Crippen LogP contribution in [0.1, 0.15) is 28.3 Å². The van der Waals surface area contributed by atoms with Crippen molar-refractivity contribution in [1.82, 2.24) is 29.8 Å². The molecule has 1 aliphatic rings. The standard InChI is InChI=1S/C21H25N7O3/c1-15-5-7-22-21-25-19(26-28(15)21)20(30)23-14-16-3-2-4-17(13-16)24-18(29)6-8-27-9-11-31-12-10-27/h2-5,7,13H,6,8-12,14H2,1H3,(H,23,30)(H,24,29). The average Bonchev–Trinajstić information content (AvgIpc) is 3.23. The second-order valence-electron chi connectivity index (χ2n) is 7.37. The van der Waals surface area contributed by atoms with Crippen molar-refractivity contribution in [3.05, 3.63) is 53.6 Å². The van der Waals surface area contributed by atoms with E-state index in [9.17, 15) is 9.59 Å². The lowest BCUT2D eigenvalue weighted by atomic mass is 10.2. The van der Waals surface area contributed by atoms with Crippen molar-refractivity contribution in [2.45, 2.75) is 19.9 Å². The summed E-state index contributed by atoms with van der Waals surface area (Å²) in [6, 6.07) is 9.19. The third-order valence-corrected chi connectivity index (χ3v) is 5.06. The van der Waals surface area contributed by atoms with Crippen LogP contribution in [0.4, 0.5) is 5.69 Å². The molecule has 1 aliphatic heterocycles. The maximum absolute atomic E-state index is 12.4. The number of fused-ring (bicyclic) bond motifs is 1. The number of morpholine rings is 1. The molecule has 4 rings (SSSR count). The van der Waals surface area contributed by atoms with Crippen molar-refractivity contribution in [1.29, 1.82) is 0 Å². The summed E-state index contributed by atoms with van der Waals surface area (Å²) in [5, 5.41) is 9.93. The highest BCUT2D eigenvalue weighted by atomic mass is 16.5. The maximum Gasteiger partial charge on any atom is 0.291 e. The lowest BCUT2D eigenvalue weighted by Crippen LogP contribution is -2.38. The smallest absolute Gasteiger partial charge is 0.291 e. The van der Waals surface area contributed by atoms with Crippen LogP contribution >= 0.6 is 0 Å². The molecule has 3 aromatic rings. The fourth-order valence-electron chi connectivity index (χ4n) is 3.33. The van der Waals surface area contributed by atoms with E-state index in [1.807, 2.05) is 31.2 Å². The molecule has 0 radical (unpaired) electrons. The third kappa shape index (κ3) is 5.41. The molecule has 10 nitrogen and oxygen atoms in total. The van der Waals surface area contributed by atoms with Gasteiger partial charge in [0.05, 0.1) is 13.2 Å². The van der Waals surface area contributed by atoms with Crippen LogP contribution in [0.25, 0.3) is 5.78 Å². The molecule has 2 N–H and O–H groups in total. The van der Waals surface area contributed by atoms with Gasteiger partial charge in [-0.1, -0.05) is 12.1 Å². The van der Waals surface area contributed by atoms with Gasteiger partial charge in [-0.3, -0.25) is 14.5 Å². The average molecular weight is 423 g/mol. The van der Waals surface area contributed by atoms with E-state index < -0.39 is 0 Å². The van der Waals surface area contributed by atoms with E-state index in [1.165, 1.54) is 4.52 Å². The zero-order valence-electron chi connectivity index (χ0n) is 17.4. The van der Waals surface area contributed by atoms with Gasteiger partial charge in [0.15, 0.2) is 0 Å². The predicted octanol–water partition coefficient (Wildman–Crippen LogP) is 1.02. The maximum atomic E-state index is 12.4. The van der Waals surface area contributed by atoms with E-state index in [0.29, 0.717) is 24.4 Å². The Bertz CT molecular complexity index is 1080. The van der Waals surface area contributed by atoms with Crippen LogP contribution in [0.5, 0.6) is 0 Å². The minimum absolute atomic E-state index is 0.0375.